The summed E-state index contributed by atoms with van der Waals surface area (Å²) >= 11 is 0. The summed E-state index contributed by atoms with van der Waals surface area (Å²) in [4.78, 5) is 0. The Labute approximate surface area is 46.4 Å². The third-order valence-electron chi connectivity index (χ3n) is 0. The van der Waals surface area contributed by atoms with Gasteiger partial charge >= 0.3 is 0 Å². The Morgan fingerprint density at radius 1 is 1.00 bits per heavy atom. The quantitative estimate of drug-likeness (QED) is 0.429. The molecule has 0 saturated heterocycles. The van der Waals surface area contributed by atoms with Crippen molar-refractivity contribution in [2.45, 2.75) is 0 Å². The van der Waals surface area contributed by atoms with Gasteiger partial charge in [-0.15, -0.1) is 0 Å². The molecule has 0 aliphatic carbocycles. The van der Waals surface area contributed by atoms with Crippen molar-refractivity contribution in [3.05, 3.63) is 0 Å². The van der Waals surface area contributed by atoms with Gasteiger partial charge in [-0.25, -0.2) is 0 Å². The molecule has 3 N–H and O–H groups in total. The molecule has 0 atom stereocenters. The van der Waals surface area contributed by atoms with Gasteiger partial charge in [-0.3, -0.25) is 0 Å². The molecule has 0 amide bonds. The summed E-state index contributed by atoms with van der Waals surface area (Å²) in [6.07, 6.45) is 0. The smallest absolute Gasteiger partial charge is 0 e. The van der Waals surface area contributed by atoms with Crippen molar-refractivity contribution in [1.29, 1.82) is 0 Å². The normalized spacial score (nSPS) is 0. The summed E-state index contributed by atoms with van der Waals surface area (Å²) in [5.41, 5.74) is 0. The molecule has 0 rings (SSSR count). The fourth-order valence-electron chi connectivity index (χ4n) is 0. The summed E-state index contributed by atoms with van der Waals surface area (Å²) in [6, 6.07) is 0. The maximum atomic E-state index is 0. The Hall–Kier alpha value is 0.904. The van der Waals surface area contributed by atoms with Crippen LogP contribution in [0.25, 0.3) is 0 Å². The van der Waals surface area contributed by atoms with E-state index in [-0.39, 0.29) is 46.0 Å². The Balaban J connectivity index is 0. The Bertz CT molecular complexity index is 8.00. The van der Waals surface area contributed by atoms with Crippen LogP contribution in [0.2, 0.25) is 0 Å². The van der Waals surface area contributed by atoms with Gasteiger partial charge in [-0.05, 0) is 11.0 Å². The first-order chi connectivity index (χ1) is 0. The number of rotatable bonds is 0. The molecule has 0 heterocycles. The monoisotopic (exact) mass is 166 g/mol. The van der Waals surface area contributed by atoms with Crippen LogP contribution in [0.5, 0.6) is 0 Å². The zero-order valence-electron chi connectivity index (χ0n) is 1.60. The Kier molecular flexibility index (Phi) is 921. The summed E-state index contributed by atoms with van der Waals surface area (Å²) in [5, 5.41) is 0. The van der Waals surface area contributed by atoms with Crippen LogP contribution in [-0.4, -0.2) is 19.4 Å². The standard InChI is InChI=1S/B.H3N.Pd.H4Si/h;1H3;;1H4. The third kappa shape index (κ3) is 12.9. The van der Waals surface area contributed by atoms with E-state index in [0.29, 0.717) is 0 Å². The van der Waals surface area contributed by atoms with Gasteiger partial charge in [0, 0.05) is 28.8 Å². The van der Waals surface area contributed by atoms with Crippen LogP contribution in [0, 0.1) is 0 Å². The Morgan fingerprint density at radius 2 is 1.00 bits per heavy atom. The first kappa shape index (κ1) is 91.4. The second-order valence-electron chi connectivity index (χ2n) is 0. The van der Waals surface area contributed by atoms with Gasteiger partial charge in [0.1, 0.15) is 0 Å². The van der Waals surface area contributed by atoms with Crippen molar-refractivity contribution in [2.24, 2.45) is 0 Å². The summed E-state index contributed by atoms with van der Waals surface area (Å²) in [7, 11) is 0. The molecule has 0 bridgehead atoms. The molecule has 3 radical (unpaired) electrons. The van der Waals surface area contributed by atoms with E-state index in [1.54, 1.807) is 0 Å². The van der Waals surface area contributed by atoms with Crippen molar-refractivity contribution < 1.29 is 20.4 Å². The van der Waals surface area contributed by atoms with Gasteiger partial charge in [-0.2, -0.15) is 0 Å². The third-order valence-corrected chi connectivity index (χ3v) is 0. The van der Waals surface area contributed by atoms with Crippen molar-refractivity contribution in [3.63, 3.8) is 0 Å². The maximum Gasteiger partial charge on any atom is 0 e. The predicted octanol–water partition coefficient (Wildman–Crippen LogP) is -1.67. The van der Waals surface area contributed by atoms with E-state index in [1.807, 2.05) is 0 Å². The van der Waals surface area contributed by atoms with E-state index in [4.69, 9.17) is 0 Å². The van der Waals surface area contributed by atoms with Crippen molar-refractivity contribution in [3.8, 4) is 0 Å². The van der Waals surface area contributed by atoms with E-state index in [2.05, 4.69) is 0 Å². The second-order valence-corrected chi connectivity index (χ2v) is 0. The minimum Gasteiger partial charge on any atom is -0.344 e. The van der Waals surface area contributed by atoms with Crippen molar-refractivity contribution >= 4 is 19.4 Å². The molecule has 0 aliphatic heterocycles. The summed E-state index contributed by atoms with van der Waals surface area (Å²) in [6.45, 7) is 0. The SMILES string of the molecule is N.[B].[Pd].[SiH4]. The average molecular weight is 166 g/mol. The van der Waals surface area contributed by atoms with E-state index < -0.39 is 0 Å². The molecule has 0 aromatic rings. The van der Waals surface area contributed by atoms with E-state index in [9.17, 15) is 0 Å². The number of hydrogen-bond acceptors (Lipinski definition) is 1. The van der Waals surface area contributed by atoms with Gasteiger partial charge in [-0.1, -0.05) is 0 Å². The number of hydrogen-bond donors (Lipinski definition) is 1. The first-order valence-corrected chi connectivity index (χ1v) is 0. The fourth-order valence-corrected chi connectivity index (χ4v) is 0. The van der Waals surface area contributed by atoms with E-state index >= 15 is 0 Å². The van der Waals surface area contributed by atoms with Gasteiger partial charge < -0.3 is 6.15 Å². The molecule has 1 nitrogen and oxygen atoms in total. The molecular formula is H7BNPdSi. The van der Waals surface area contributed by atoms with Crippen molar-refractivity contribution in [2.75, 3.05) is 0 Å². The van der Waals surface area contributed by atoms with Crippen LogP contribution in [0.4, 0.5) is 0 Å². The molecule has 0 unspecified atom stereocenters. The molecule has 0 saturated carbocycles. The minimum atomic E-state index is 0. The van der Waals surface area contributed by atoms with Crippen LogP contribution in [0.3, 0.4) is 0 Å². The maximum absolute atomic E-state index is 0. The summed E-state index contributed by atoms with van der Waals surface area (Å²) in [5.74, 6) is 0. The van der Waals surface area contributed by atoms with Gasteiger partial charge in [0.25, 0.3) is 0 Å². The first-order valence-electron chi connectivity index (χ1n) is 0. The molecule has 4 heavy (non-hydrogen) atoms. The van der Waals surface area contributed by atoms with Gasteiger partial charge in [0.2, 0.25) is 0 Å². The zero-order valence-corrected chi connectivity index (χ0v) is 3.16. The topological polar surface area (TPSA) is 35.0 Å². The van der Waals surface area contributed by atoms with Crippen LogP contribution in [0.15, 0.2) is 0 Å². The van der Waals surface area contributed by atoms with Crippen LogP contribution in [-0.2, 0) is 20.4 Å². The molecule has 29 valence electrons. The van der Waals surface area contributed by atoms with Crippen LogP contribution < -0.4 is 6.15 Å². The fraction of sp³-hybridized carbons (Fsp3) is 0. The molecule has 0 spiro atoms. The van der Waals surface area contributed by atoms with Crippen LogP contribution in [0.1, 0.15) is 0 Å². The average Bonchev–Trinajstić information content (AvgIpc) is 0. The van der Waals surface area contributed by atoms with E-state index in [0.717, 1.165) is 0 Å². The zero-order chi connectivity index (χ0) is 0. The molecule has 0 fully saturated rings. The predicted molar refractivity (Wildman–Crippen MR) is 22.1 cm³/mol. The van der Waals surface area contributed by atoms with Crippen LogP contribution >= 0.6 is 0 Å². The summed E-state index contributed by atoms with van der Waals surface area (Å²) < 4.78 is 0. The molecule has 0 aromatic carbocycles. The van der Waals surface area contributed by atoms with Gasteiger partial charge in [0.05, 0.1) is 0 Å². The molecular weight excluding hydrogens is 159 g/mol. The molecule has 0 aliphatic rings. The van der Waals surface area contributed by atoms with Gasteiger partial charge in [0.15, 0.2) is 0 Å². The Morgan fingerprint density at radius 3 is 1.00 bits per heavy atom. The second kappa shape index (κ2) is 40.3. The molecule has 4 heteroatoms. The molecule has 0 aromatic heterocycles. The largest absolute Gasteiger partial charge is 0.344 e. The van der Waals surface area contributed by atoms with E-state index in [1.165, 1.54) is 0 Å². The minimum absolute atomic E-state index is 0. The van der Waals surface area contributed by atoms with Crippen molar-refractivity contribution in [1.82, 2.24) is 6.15 Å².